The standard InChI is InChI=1S/C19H19N3O3/c1-2-20-18(24)13-4-3-5-15(11-13)21-19(25)14-6-8-16-12(10-14)7-9-17(23)22-16/h3-6,8,10-11H,2,7,9H2,1H3,(H,20,24)(H,21,25)(H,22,23). The molecule has 25 heavy (non-hydrogen) atoms. The fourth-order valence-electron chi connectivity index (χ4n) is 2.73. The molecule has 0 bridgehead atoms. The number of rotatable bonds is 4. The maximum absolute atomic E-state index is 12.5. The predicted octanol–water partition coefficient (Wildman–Crippen LogP) is 2.57. The molecule has 2 aromatic carbocycles. The molecular weight excluding hydrogens is 318 g/mol. The summed E-state index contributed by atoms with van der Waals surface area (Å²) in [5.74, 6) is -0.442. The zero-order valence-corrected chi connectivity index (χ0v) is 13.9. The van der Waals surface area contributed by atoms with E-state index in [1.807, 2.05) is 6.92 Å². The summed E-state index contributed by atoms with van der Waals surface area (Å²) in [5.41, 5.74) is 3.26. The third-order valence-corrected chi connectivity index (χ3v) is 3.98. The summed E-state index contributed by atoms with van der Waals surface area (Å²) in [6, 6.07) is 12.0. The van der Waals surface area contributed by atoms with Gasteiger partial charge in [-0.15, -0.1) is 0 Å². The smallest absolute Gasteiger partial charge is 0.255 e. The van der Waals surface area contributed by atoms with E-state index in [1.54, 1.807) is 42.5 Å². The van der Waals surface area contributed by atoms with E-state index >= 15 is 0 Å². The minimum atomic E-state index is -0.257. The Balaban J connectivity index is 1.75. The second-order valence-corrected chi connectivity index (χ2v) is 5.81. The maximum Gasteiger partial charge on any atom is 0.255 e. The second-order valence-electron chi connectivity index (χ2n) is 5.81. The van der Waals surface area contributed by atoms with Gasteiger partial charge in [-0.05, 0) is 55.3 Å². The molecule has 0 saturated heterocycles. The number of hydrogen-bond acceptors (Lipinski definition) is 3. The van der Waals surface area contributed by atoms with Crippen molar-refractivity contribution in [3.8, 4) is 0 Å². The van der Waals surface area contributed by atoms with Gasteiger partial charge in [0.15, 0.2) is 0 Å². The van der Waals surface area contributed by atoms with Crippen LogP contribution in [0.5, 0.6) is 0 Å². The first kappa shape index (κ1) is 16.7. The molecule has 128 valence electrons. The van der Waals surface area contributed by atoms with Crippen molar-refractivity contribution in [3.05, 3.63) is 59.2 Å². The molecule has 0 fully saturated rings. The number of carbonyl (C=O) groups excluding carboxylic acids is 3. The first-order valence-electron chi connectivity index (χ1n) is 8.19. The summed E-state index contributed by atoms with van der Waals surface area (Å²) >= 11 is 0. The van der Waals surface area contributed by atoms with Gasteiger partial charge < -0.3 is 16.0 Å². The van der Waals surface area contributed by atoms with Gasteiger partial charge >= 0.3 is 0 Å². The highest BCUT2D eigenvalue weighted by atomic mass is 16.2. The van der Waals surface area contributed by atoms with Crippen LogP contribution < -0.4 is 16.0 Å². The number of fused-ring (bicyclic) bond motifs is 1. The van der Waals surface area contributed by atoms with Crippen LogP contribution in [0.15, 0.2) is 42.5 Å². The van der Waals surface area contributed by atoms with Crippen LogP contribution in [0.4, 0.5) is 11.4 Å². The molecule has 0 unspecified atom stereocenters. The molecule has 3 amide bonds. The van der Waals surface area contributed by atoms with Crippen LogP contribution in [0.1, 0.15) is 39.6 Å². The molecule has 0 aromatic heterocycles. The number of benzene rings is 2. The molecule has 0 radical (unpaired) electrons. The molecule has 0 saturated carbocycles. The van der Waals surface area contributed by atoms with E-state index in [0.29, 0.717) is 36.2 Å². The topological polar surface area (TPSA) is 87.3 Å². The maximum atomic E-state index is 12.5. The molecule has 1 aliphatic heterocycles. The van der Waals surface area contributed by atoms with Crippen molar-refractivity contribution < 1.29 is 14.4 Å². The Labute approximate surface area is 145 Å². The number of nitrogens with one attached hydrogen (secondary N) is 3. The molecule has 3 rings (SSSR count). The monoisotopic (exact) mass is 337 g/mol. The minimum Gasteiger partial charge on any atom is -0.352 e. The Hall–Kier alpha value is -3.15. The van der Waals surface area contributed by atoms with Crippen molar-refractivity contribution in [2.75, 3.05) is 17.2 Å². The third kappa shape index (κ3) is 3.85. The van der Waals surface area contributed by atoms with E-state index in [9.17, 15) is 14.4 Å². The number of anilines is 2. The highest BCUT2D eigenvalue weighted by Gasteiger charge is 2.17. The molecule has 2 aromatic rings. The lowest BCUT2D eigenvalue weighted by molar-refractivity contribution is -0.116. The number of amides is 3. The predicted molar refractivity (Wildman–Crippen MR) is 95.8 cm³/mol. The van der Waals surface area contributed by atoms with Crippen LogP contribution in [0, 0.1) is 0 Å². The van der Waals surface area contributed by atoms with Gasteiger partial charge in [-0.3, -0.25) is 14.4 Å². The Bertz CT molecular complexity index is 846. The van der Waals surface area contributed by atoms with E-state index < -0.39 is 0 Å². The summed E-state index contributed by atoms with van der Waals surface area (Å²) in [5, 5.41) is 8.32. The van der Waals surface area contributed by atoms with Gasteiger partial charge in [0.25, 0.3) is 11.8 Å². The molecule has 6 heteroatoms. The van der Waals surface area contributed by atoms with Gasteiger partial charge in [0.1, 0.15) is 0 Å². The molecule has 1 aliphatic rings. The zero-order valence-electron chi connectivity index (χ0n) is 13.9. The molecule has 1 heterocycles. The first-order chi connectivity index (χ1) is 12.1. The second kappa shape index (κ2) is 7.17. The Morgan fingerprint density at radius 3 is 2.64 bits per heavy atom. The van der Waals surface area contributed by atoms with Crippen LogP contribution in [0.2, 0.25) is 0 Å². The number of aryl methyl sites for hydroxylation is 1. The Morgan fingerprint density at radius 2 is 1.84 bits per heavy atom. The summed E-state index contributed by atoms with van der Waals surface area (Å²) in [4.78, 5) is 35.7. The van der Waals surface area contributed by atoms with Crippen molar-refractivity contribution in [1.29, 1.82) is 0 Å². The summed E-state index contributed by atoms with van der Waals surface area (Å²) in [6.45, 7) is 2.39. The fraction of sp³-hybridized carbons (Fsp3) is 0.211. The summed E-state index contributed by atoms with van der Waals surface area (Å²) < 4.78 is 0. The number of carbonyl (C=O) groups is 3. The molecular formula is C19H19N3O3. The lowest BCUT2D eigenvalue weighted by Gasteiger charge is -2.17. The van der Waals surface area contributed by atoms with Crippen molar-refractivity contribution in [2.45, 2.75) is 19.8 Å². The SMILES string of the molecule is CCNC(=O)c1cccc(NC(=O)c2ccc3c(c2)CCC(=O)N3)c1. The lowest BCUT2D eigenvalue weighted by Crippen LogP contribution is -2.23. The van der Waals surface area contributed by atoms with E-state index in [0.717, 1.165) is 11.3 Å². The van der Waals surface area contributed by atoms with Crippen LogP contribution in [0.3, 0.4) is 0 Å². The average Bonchev–Trinajstić information content (AvgIpc) is 2.61. The van der Waals surface area contributed by atoms with Gasteiger partial charge in [-0.25, -0.2) is 0 Å². The van der Waals surface area contributed by atoms with Gasteiger partial charge in [0, 0.05) is 35.5 Å². The molecule has 3 N–H and O–H groups in total. The van der Waals surface area contributed by atoms with Gasteiger partial charge in [0.05, 0.1) is 0 Å². The lowest BCUT2D eigenvalue weighted by atomic mass is 10.00. The zero-order chi connectivity index (χ0) is 17.8. The van der Waals surface area contributed by atoms with Crippen molar-refractivity contribution in [1.82, 2.24) is 5.32 Å². The fourth-order valence-corrected chi connectivity index (χ4v) is 2.73. The van der Waals surface area contributed by atoms with Gasteiger partial charge in [-0.2, -0.15) is 0 Å². The van der Waals surface area contributed by atoms with E-state index in [2.05, 4.69) is 16.0 Å². The van der Waals surface area contributed by atoms with E-state index in [4.69, 9.17) is 0 Å². The molecule has 0 atom stereocenters. The molecule has 0 spiro atoms. The van der Waals surface area contributed by atoms with Crippen LogP contribution in [-0.4, -0.2) is 24.3 Å². The Kier molecular flexibility index (Phi) is 4.79. The quantitative estimate of drug-likeness (QED) is 0.801. The minimum absolute atomic E-state index is 0.00753. The first-order valence-corrected chi connectivity index (χ1v) is 8.19. The van der Waals surface area contributed by atoms with Crippen molar-refractivity contribution >= 4 is 29.1 Å². The van der Waals surface area contributed by atoms with E-state index in [-0.39, 0.29) is 17.7 Å². The van der Waals surface area contributed by atoms with Crippen LogP contribution >= 0.6 is 0 Å². The normalized spacial score (nSPS) is 12.8. The van der Waals surface area contributed by atoms with Crippen molar-refractivity contribution in [3.63, 3.8) is 0 Å². The molecule has 0 aliphatic carbocycles. The van der Waals surface area contributed by atoms with Gasteiger partial charge in [-0.1, -0.05) is 6.07 Å². The van der Waals surface area contributed by atoms with Crippen LogP contribution in [-0.2, 0) is 11.2 Å². The third-order valence-electron chi connectivity index (χ3n) is 3.98. The number of hydrogen-bond donors (Lipinski definition) is 3. The van der Waals surface area contributed by atoms with Crippen LogP contribution in [0.25, 0.3) is 0 Å². The summed E-state index contributed by atoms with van der Waals surface area (Å²) in [7, 11) is 0. The highest BCUT2D eigenvalue weighted by Crippen LogP contribution is 2.24. The Morgan fingerprint density at radius 1 is 1.04 bits per heavy atom. The largest absolute Gasteiger partial charge is 0.352 e. The molecule has 6 nitrogen and oxygen atoms in total. The van der Waals surface area contributed by atoms with Gasteiger partial charge in [0.2, 0.25) is 5.91 Å². The van der Waals surface area contributed by atoms with Crippen molar-refractivity contribution in [2.24, 2.45) is 0 Å². The van der Waals surface area contributed by atoms with E-state index in [1.165, 1.54) is 0 Å². The average molecular weight is 337 g/mol. The highest BCUT2D eigenvalue weighted by molar-refractivity contribution is 6.06. The summed E-state index contributed by atoms with van der Waals surface area (Å²) in [6.07, 6.45) is 1.04.